The van der Waals surface area contributed by atoms with E-state index in [4.69, 9.17) is 0 Å². The van der Waals surface area contributed by atoms with Gasteiger partial charge in [0.25, 0.3) is 0 Å². The van der Waals surface area contributed by atoms with Gasteiger partial charge in [0.2, 0.25) is 5.91 Å². The van der Waals surface area contributed by atoms with Gasteiger partial charge in [-0.25, -0.2) is 0 Å². The van der Waals surface area contributed by atoms with Gasteiger partial charge in [-0.1, -0.05) is 19.3 Å². The molecule has 0 aromatic rings. The number of nitrogens with one attached hydrogen (secondary N) is 1. The molecule has 5 heteroatoms. The van der Waals surface area contributed by atoms with Gasteiger partial charge in [-0.15, -0.1) is 0 Å². The fourth-order valence-corrected chi connectivity index (χ4v) is 3.09. The largest absolute Gasteiger partial charge is 0.481 e. The molecule has 1 amide bonds. The maximum Gasteiger partial charge on any atom is 0.305 e. The molecule has 0 unspecified atom stereocenters. The summed E-state index contributed by atoms with van der Waals surface area (Å²) in [5.41, 5.74) is -0.262. The third-order valence-electron chi connectivity index (χ3n) is 4.20. The zero-order valence-electron chi connectivity index (χ0n) is 12.9. The number of hydrogen-bond acceptors (Lipinski definition) is 3. The van der Waals surface area contributed by atoms with Crippen LogP contribution in [0.1, 0.15) is 58.8 Å². The molecule has 0 aliphatic heterocycles. The van der Waals surface area contributed by atoms with Crippen molar-refractivity contribution in [3.63, 3.8) is 0 Å². The Morgan fingerprint density at radius 1 is 1.25 bits per heavy atom. The molecule has 0 saturated heterocycles. The van der Waals surface area contributed by atoms with Crippen molar-refractivity contribution < 1.29 is 14.7 Å². The van der Waals surface area contributed by atoms with Gasteiger partial charge in [0.05, 0.1) is 6.42 Å². The minimum atomic E-state index is -0.745. The van der Waals surface area contributed by atoms with Gasteiger partial charge in [-0.05, 0) is 33.7 Å². The quantitative estimate of drug-likeness (QED) is 0.750. The van der Waals surface area contributed by atoms with E-state index in [1.54, 1.807) is 0 Å². The lowest BCUT2D eigenvalue weighted by molar-refractivity contribution is -0.141. The zero-order chi connectivity index (χ0) is 15.2. The summed E-state index contributed by atoms with van der Waals surface area (Å²) in [6.45, 7) is 4.50. The van der Waals surface area contributed by atoms with E-state index in [-0.39, 0.29) is 23.9 Å². The molecule has 0 atom stereocenters. The molecule has 0 bridgehead atoms. The van der Waals surface area contributed by atoms with E-state index < -0.39 is 5.97 Å². The number of hydrogen-bond donors (Lipinski definition) is 2. The molecule has 116 valence electrons. The second kappa shape index (κ2) is 7.62. The summed E-state index contributed by atoms with van der Waals surface area (Å²) in [5.74, 6) is -0.710. The normalized spacial score (nSPS) is 18.2. The van der Waals surface area contributed by atoms with E-state index >= 15 is 0 Å². The third kappa shape index (κ3) is 5.12. The van der Waals surface area contributed by atoms with Crippen LogP contribution in [0.3, 0.4) is 0 Å². The molecule has 0 spiro atoms. The predicted molar refractivity (Wildman–Crippen MR) is 78.6 cm³/mol. The van der Waals surface area contributed by atoms with Crippen molar-refractivity contribution in [3.05, 3.63) is 0 Å². The van der Waals surface area contributed by atoms with E-state index in [0.717, 1.165) is 25.7 Å². The first-order chi connectivity index (χ1) is 9.35. The summed E-state index contributed by atoms with van der Waals surface area (Å²) in [7, 11) is 1.96. The molecule has 0 aromatic heterocycles. The Morgan fingerprint density at radius 2 is 1.85 bits per heavy atom. The van der Waals surface area contributed by atoms with Crippen LogP contribution in [0.5, 0.6) is 0 Å². The third-order valence-corrected chi connectivity index (χ3v) is 4.20. The molecule has 0 radical (unpaired) electrons. The molecule has 20 heavy (non-hydrogen) atoms. The zero-order valence-corrected chi connectivity index (χ0v) is 12.9. The number of nitrogens with zero attached hydrogens (tertiary/aromatic N) is 1. The van der Waals surface area contributed by atoms with Gasteiger partial charge in [0.1, 0.15) is 0 Å². The van der Waals surface area contributed by atoms with Gasteiger partial charge >= 0.3 is 5.97 Å². The molecule has 2 N–H and O–H groups in total. The van der Waals surface area contributed by atoms with E-state index in [9.17, 15) is 14.7 Å². The summed E-state index contributed by atoms with van der Waals surface area (Å²) in [5, 5.41) is 12.0. The smallest absolute Gasteiger partial charge is 0.305 e. The molecular weight excluding hydrogens is 256 g/mol. The number of carboxylic acid groups (broad SMARTS) is 1. The van der Waals surface area contributed by atoms with Crippen molar-refractivity contribution in [2.24, 2.45) is 0 Å². The fourth-order valence-electron chi connectivity index (χ4n) is 3.09. The Hall–Kier alpha value is -1.10. The van der Waals surface area contributed by atoms with Crippen molar-refractivity contribution in [2.45, 2.75) is 70.4 Å². The summed E-state index contributed by atoms with van der Waals surface area (Å²) in [6.07, 6.45) is 5.78. The van der Waals surface area contributed by atoms with Crippen LogP contribution in [-0.4, -0.2) is 47.1 Å². The highest BCUT2D eigenvalue weighted by molar-refractivity contribution is 5.76. The topological polar surface area (TPSA) is 69.6 Å². The highest BCUT2D eigenvalue weighted by Crippen LogP contribution is 2.35. The number of carboxylic acids is 1. The van der Waals surface area contributed by atoms with Crippen LogP contribution in [0.4, 0.5) is 0 Å². The van der Waals surface area contributed by atoms with Crippen LogP contribution >= 0.6 is 0 Å². The van der Waals surface area contributed by atoms with E-state index in [2.05, 4.69) is 10.2 Å². The first-order valence-electron chi connectivity index (χ1n) is 7.58. The van der Waals surface area contributed by atoms with Gasteiger partial charge in [0, 0.05) is 24.5 Å². The van der Waals surface area contributed by atoms with Crippen LogP contribution in [0.15, 0.2) is 0 Å². The summed E-state index contributed by atoms with van der Waals surface area (Å²) in [6, 6.07) is 0.149. The molecule has 1 rings (SSSR count). The van der Waals surface area contributed by atoms with Crippen molar-refractivity contribution in [1.29, 1.82) is 0 Å². The SMILES string of the molecule is CC(C)NC(=O)CCN(C)C1(CC(=O)O)CCCCC1. The van der Waals surface area contributed by atoms with E-state index in [1.165, 1.54) is 6.42 Å². The molecule has 1 fully saturated rings. The van der Waals surface area contributed by atoms with E-state index in [1.807, 2.05) is 20.9 Å². The number of carbonyl (C=O) groups is 2. The second-order valence-electron chi connectivity index (χ2n) is 6.25. The monoisotopic (exact) mass is 284 g/mol. The molecule has 5 nitrogen and oxygen atoms in total. The summed E-state index contributed by atoms with van der Waals surface area (Å²) in [4.78, 5) is 25.0. The Balaban J connectivity index is 2.57. The predicted octanol–water partition coefficient (Wildman–Crippen LogP) is 2.01. The first kappa shape index (κ1) is 17.0. The number of carbonyl (C=O) groups excluding carboxylic acids is 1. The highest BCUT2D eigenvalue weighted by atomic mass is 16.4. The molecular formula is C15H28N2O3. The first-order valence-corrected chi connectivity index (χ1v) is 7.58. The standard InChI is InChI=1S/C15H28N2O3/c1-12(2)16-13(18)7-10-17(3)15(11-14(19)20)8-5-4-6-9-15/h12H,4-11H2,1-3H3,(H,16,18)(H,19,20). The van der Waals surface area contributed by atoms with Crippen molar-refractivity contribution in [3.8, 4) is 0 Å². The van der Waals surface area contributed by atoms with Crippen molar-refractivity contribution in [1.82, 2.24) is 10.2 Å². The van der Waals surface area contributed by atoms with Gasteiger partial charge in [0.15, 0.2) is 0 Å². The van der Waals surface area contributed by atoms with Gasteiger partial charge in [-0.3, -0.25) is 14.5 Å². The maximum atomic E-state index is 11.7. The molecule has 1 saturated carbocycles. The average molecular weight is 284 g/mol. The Kier molecular flexibility index (Phi) is 6.46. The lowest BCUT2D eigenvalue weighted by Gasteiger charge is -2.44. The molecule has 1 aliphatic rings. The van der Waals surface area contributed by atoms with Crippen molar-refractivity contribution >= 4 is 11.9 Å². The maximum absolute atomic E-state index is 11.7. The second-order valence-corrected chi connectivity index (χ2v) is 6.25. The lowest BCUT2D eigenvalue weighted by Crippen LogP contribution is -2.50. The van der Waals surface area contributed by atoms with Crippen LogP contribution in [0.2, 0.25) is 0 Å². The molecule has 1 aliphatic carbocycles. The van der Waals surface area contributed by atoms with E-state index in [0.29, 0.717) is 13.0 Å². The molecule has 0 heterocycles. The van der Waals surface area contributed by atoms with Crippen LogP contribution in [0, 0.1) is 0 Å². The van der Waals surface area contributed by atoms with Gasteiger partial charge in [-0.2, -0.15) is 0 Å². The number of amides is 1. The Labute approximate surface area is 121 Å². The van der Waals surface area contributed by atoms with Crippen LogP contribution in [-0.2, 0) is 9.59 Å². The average Bonchev–Trinajstić information content (AvgIpc) is 2.35. The lowest BCUT2D eigenvalue weighted by atomic mass is 9.78. The minimum Gasteiger partial charge on any atom is -0.481 e. The minimum absolute atomic E-state index is 0.0353. The number of aliphatic carboxylic acids is 1. The van der Waals surface area contributed by atoms with Gasteiger partial charge < -0.3 is 10.4 Å². The van der Waals surface area contributed by atoms with Crippen LogP contribution < -0.4 is 5.32 Å². The Morgan fingerprint density at radius 3 is 2.35 bits per heavy atom. The van der Waals surface area contributed by atoms with Crippen LogP contribution in [0.25, 0.3) is 0 Å². The Bertz CT molecular complexity index is 336. The van der Waals surface area contributed by atoms with Crippen molar-refractivity contribution in [2.75, 3.05) is 13.6 Å². The highest BCUT2D eigenvalue weighted by Gasteiger charge is 2.37. The fraction of sp³-hybridized carbons (Fsp3) is 0.867. The number of rotatable bonds is 7. The molecule has 0 aromatic carbocycles. The summed E-state index contributed by atoms with van der Waals surface area (Å²) >= 11 is 0. The summed E-state index contributed by atoms with van der Waals surface area (Å²) < 4.78 is 0.